The van der Waals surface area contributed by atoms with Crippen molar-refractivity contribution in [3.8, 4) is 5.75 Å². The van der Waals surface area contributed by atoms with Crippen LogP contribution in [0, 0.1) is 0 Å². The predicted octanol–water partition coefficient (Wildman–Crippen LogP) is 3.09. The molecule has 1 N–H and O–H groups in total. The Labute approximate surface area is 148 Å². The molecule has 0 bridgehead atoms. The summed E-state index contributed by atoms with van der Waals surface area (Å²) in [5, 5.41) is 9.27. The van der Waals surface area contributed by atoms with Gasteiger partial charge in [-0.1, -0.05) is 42.5 Å². The maximum atomic E-state index is 11.8. The molecule has 0 aromatic heterocycles. The van der Waals surface area contributed by atoms with Crippen LogP contribution >= 0.6 is 0 Å². The van der Waals surface area contributed by atoms with Crippen molar-refractivity contribution < 1.29 is 23.1 Å². The number of carboxylic acid groups (broad SMARTS) is 1. The molecule has 2 aromatic carbocycles. The minimum absolute atomic E-state index is 0.0192. The van der Waals surface area contributed by atoms with Crippen LogP contribution in [0.3, 0.4) is 0 Å². The zero-order chi connectivity index (χ0) is 18.5. The molecular formula is C19H22O5S. The highest BCUT2D eigenvalue weighted by Crippen LogP contribution is 2.24. The SMILES string of the molecule is CC(CCc1ccc(OCc2ccccc2)cc1)(C(=O)O)S(C)(=O)=O. The number of ether oxygens (including phenoxy) is 1. The van der Waals surface area contributed by atoms with E-state index in [1.54, 1.807) is 12.1 Å². The van der Waals surface area contributed by atoms with Crippen LogP contribution in [-0.4, -0.2) is 30.5 Å². The molecule has 0 saturated carbocycles. The maximum Gasteiger partial charge on any atom is 0.324 e. The molecule has 0 radical (unpaired) electrons. The molecule has 1 unspecified atom stereocenters. The summed E-state index contributed by atoms with van der Waals surface area (Å²) in [5.41, 5.74) is 1.93. The lowest BCUT2D eigenvalue weighted by molar-refractivity contribution is -0.139. The van der Waals surface area contributed by atoms with Crippen LogP contribution in [0.1, 0.15) is 24.5 Å². The monoisotopic (exact) mass is 362 g/mol. The molecule has 134 valence electrons. The van der Waals surface area contributed by atoms with Crippen LogP contribution in [0.15, 0.2) is 54.6 Å². The molecule has 0 amide bonds. The number of benzene rings is 2. The average Bonchev–Trinajstić information content (AvgIpc) is 2.58. The molecule has 0 aliphatic carbocycles. The van der Waals surface area contributed by atoms with Gasteiger partial charge in [0.05, 0.1) is 0 Å². The fourth-order valence-electron chi connectivity index (χ4n) is 2.33. The summed E-state index contributed by atoms with van der Waals surface area (Å²) in [5.74, 6) is -0.616. The molecule has 2 rings (SSSR count). The van der Waals surface area contributed by atoms with Crippen molar-refractivity contribution in [2.45, 2.75) is 31.1 Å². The number of carboxylic acids is 1. The van der Waals surface area contributed by atoms with Crippen LogP contribution < -0.4 is 4.74 Å². The van der Waals surface area contributed by atoms with Crippen molar-refractivity contribution in [3.63, 3.8) is 0 Å². The Hall–Kier alpha value is -2.34. The largest absolute Gasteiger partial charge is 0.489 e. The van der Waals surface area contributed by atoms with Crippen molar-refractivity contribution in [1.29, 1.82) is 0 Å². The van der Waals surface area contributed by atoms with E-state index in [-0.39, 0.29) is 6.42 Å². The first kappa shape index (κ1) is 19.0. The topological polar surface area (TPSA) is 80.7 Å². The molecule has 0 heterocycles. The minimum Gasteiger partial charge on any atom is -0.489 e. The highest BCUT2D eigenvalue weighted by molar-refractivity contribution is 7.92. The van der Waals surface area contributed by atoms with E-state index in [1.165, 1.54) is 6.92 Å². The van der Waals surface area contributed by atoms with E-state index in [4.69, 9.17) is 4.74 Å². The smallest absolute Gasteiger partial charge is 0.324 e. The van der Waals surface area contributed by atoms with Gasteiger partial charge in [-0.3, -0.25) is 4.79 Å². The average molecular weight is 362 g/mol. The molecule has 6 heteroatoms. The zero-order valence-electron chi connectivity index (χ0n) is 14.3. The van der Waals surface area contributed by atoms with Crippen LogP contribution in [-0.2, 0) is 27.7 Å². The lowest BCUT2D eigenvalue weighted by Crippen LogP contribution is -2.43. The number of hydrogen-bond donors (Lipinski definition) is 1. The maximum absolute atomic E-state index is 11.8. The molecule has 2 aromatic rings. The summed E-state index contributed by atoms with van der Waals surface area (Å²) in [4.78, 5) is 11.4. The van der Waals surface area contributed by atoms with Gasteiger partial charge in [0.1, 0.15) is 12.4 Å². The van der Waals surface area contributed by atoms with E-state index < -0.39 is 20.6 Å². The lowest BCUT2D eigenvalue weighted by Gasteiger charge is -2.22. The van der Waals surface area contributed by atoms with Crippen LogP contribution in [0.4, 0.5) is 0 Å². The van der Waals surface area contributed by atoms with Crippen molar-refractivity contribution in [2.75, 3.05) is 6.26 Å². The highest BCUT2D eigenvalue weighted by Gasteiger charge is 2.43. The van der Waals surface area contributed by atoms with Crippen LogP contribution in [0.25, 0.3) is 0 Å². The molecule has 0 aliphatic heterocycles. The Kier molecular flexibility index (Phi) is 5.85. The summed E-state index contributed by atoms with van der Waals surface area (Å²) < 4.78 is 27.5. The first-order valence-electron chi connectivity index (χ1n) is 7.91. The number of aliphatic carboxylic acids is 1. The Balaban J connectivity index is 1.97. The predicted molar refractivity (Wildman–Crippen MR) is 96.4 cm³/mol. The summed E-state index contributed by atoms with van der Waals surface area (Å²) in [6.07, 6.45) is 1.34. The second-order valence-electron chi connectivity index (χ2n) is 6.23. The molecule has 0 aliphatic rings. The van der Waals surface area contributed by atoms with Gasteiger partial charge >= 0.3 is 5.97 Å². The van der Waals surface area contributed by atoms with E-state index in [9.17, 15) is 18.3 Å². The number of aryl methyl sites for hydroxylation is 1. The lowest BCUT2D eigenvalue weighted by atomic mass is 10.0. The van der Waals surface area contributed by atoms with Crippen molar-refractivity contribution >= 4 is 15.8 Å². The molecule has 25 heavy (non-hydrogen) atoms. The highest BCUT2D eigenvalue weighted by atomic mass is 32.2. The van der Waals surface area contributed by atoms with Gasteiger partial charge in [0.2, 0.25) is 0 Å². The van der Waals surface area contributed by atoms with Gasteiger partial charge in [-0.05, 0) is 43.0 Å². The van der Waals surface area contributed by atoms with Gasteiger partial charge < -0.3 is 9.84 Å². The van der Waals surface area contributed by atoms with E-state index in [2.05, 4.69) is 0 Å². The summed E-state index contributed by atoms with van der Waals surface area (Å²) >= 11 is 0. The van der Waals surface area contributed by atoms with Gasteiger partial charge in [-0.2, -0.15) is 0 Å². The van der Waals surface area contributed by atoms with Crippen molar-refractivity contribution in [3.05, 3.63) is 65.7 Å². The first-order valence-corrected chi connectivity index (χ1v) is 9.80. The molecule has 0 spiro atoms. The third kappa shape index (κ3) is 4.82. The van der Waals surface area contributed by atoms with E-state index >= 15 is 0 Å². The first-order chi connectivity index (χ1) is 11.7. The fraction of sp³-hybridized carbons (Fsp3) is 0.316. The standard InChI is InChI=1S/C19H22O5S/c1-19(18(20)21,25(2,22)23)13-12-15-8-10-17(11-9-15)24-14-16-6-4-3-5-7-16/h3-11H,12-14H2,1-2H3,(H,20,21). The number of sulfone groups is 1. The molecule has 0 fully saturated rings. The summed E-state index contributed by atoms with van der Waals surface area (Å²) in [7, 11) is -3.71. The quantitative estimate of drug-likeness (QED) is 0.780. The number of rotatable bonds is 8. The normalized spacial score (nSPS) is 13.8. The fourth-order valence-corrected chi connectivity index (χ4v) is 3.12. The van der Waals surface area contributed by atoms with E-state index in [0.717, 1.165) is 17.4 Å². The third-order valence-corrected chi connectivity index (χ3v) is 6.35. The van der Waals surface area contributed by atoms with Gasteiger partial charge in [0.25, 0.3) is 0 Å². The summed E-state index contributed by atoms with van der Waals surface area (Å²) in [6.45, 7) is 1.72. The van der Waals surface area contributed by atoms with Crippen molar-refractivity contribution in [1.82, 2.24) is 0 Å². The van der Waals surface area contributed by atoms with Crippen LogP contribution in [0.2, 0.25) is 0 Å². The van der Waals surface area contributed by atoms with Gasteiger partial charge in [0.15, 0.2) is 14.6 Å². The number of carbonyl (C=O) groups is 1. The second kappa shape index (κ2) is 7.70. The third-order valence-electron chi connectivity index (χ3n) is 4.33. The molecule has 0 saturated heterocycles. The molecule has 5 nitrogen and oxygen atoms in total. The molecule has 1 atom stereocenters. The van der Waals surface area contributed by atoms with Crippen LogP contribution in [0.5, 0.6) is 5.75 Å². The Morgan fingerprint density at radius 1 is 1.04 bits per heavy atom. The summed E-state index contributed by atoms with van der Waals surface area (Å²) in [6, 6.07) is 17.0. The molecular weight excluding hydrogens is 340 g/mol. The van der Waals surface area contributed by atoms with E-state index in [0.29, 0.717) is 18.8 Å². The van der Waals surface area contributed by atoms with Gasteiger partial charge in [0, 0.05) is 6.26 Å². The Morgan fingerprint density at radius 2 is 1.64 bits per heavy atom. The minimum atomic E-state index is -3.71. The second-order valence-corrected chi connectivity index (χ2v) is 8.67. The number of hydrogen-bond acceptors (Lipinski definition) is 4. The Bertz CT molecular complexity index is 813. The zero-order valence-corrected chi connectivity index (χ0v) is 15.1. The van der Waals surface area contributed by atoms with Crippen molar-refractivity contribution in [2.24, 2.45) is 0 Å². The van der Waals surface area contributed by atoms with Gasteiger partial charge in [-0.15, -0.1) is 0 Å². The van der Waals surface area contributed by atoms with E-state index in [1.807, 2.05) is 42.5 Å². The van der Waals surface area contributed by atoms with Gasteiger partial charge in [-0.25, -0.2) is 8.42 Å². The Morgan fingerprint density at radius 3 is 2.16 bits per heavy atom.